The number of aryl methyl sites for hydroxylation is 1. The minimum Gasteiger partial charge on any atom is -0.347 e. The Balaban J connectivity index is 1.98. The van der Waals surface area contributed by atoms with E-state index in [0.717, 1.165) is 11.1 Å². The van der Waals surface area contributed by atoms with E-state index in [1.807, 2.05) is 45.0 Å². The maximum atomic E-state index is 12.2. The summed E-state index contributed by atoms with van der Waals surface area (Å²) in [4.78, 5) is 24.3. The molecule has 8 heteroatoms. The SMILES string of the molecule is CNS(=O)(=O)c1ccc(NC(=O)C(=O)NCC(C)(C)c2ccccc2C)cc1. The van der Waals surface area contributed by atoms with Gasteiger partial charge in [0.1, 0.15) is 0 Å². The van der Waals surface area contributed by atoms with Gasteiger partial charge in [0.15, 0.2) is 0 Å². The van der Waals surface area contributed by atoms with Gasteiger partial charge in [-0.1, -0.05) is 38.1 Å². The first kappa shape index (κ1) is 21.6. The summed E-state index contributed by atoms with van der Waals surface area (Å²) in [6.45, 7) is 6.29. The third kappa shape index (κ3) is 5.17. The van der Waals surface area contributed by atoms with E-state index < -0.39 is 21.8 Å². The second-order valence-electron chi connectivity index (χ2n) is 7.07. The maximum absolute atomic E-state index is 12.2. The van der Waals surface area contributed by atoms with Crippen LogP contribution in [0.2, 0.25) is 0 Å². The van der Waals surface area contributed by atoms with Crippen LogP contribution in [-0.4, -0.2) is 33.8 Å². The Bertz CT molecular complexity index is 967. The number of carbonyl (C=O) groups excluding carboxylic acids is 2. The lowest BCUT2D eigenvalue weighted by molar-refractivity contribution is -0.136. The van der Waals surface area contributed by atoms with Crippen LogP contribution in [0.5, 0.6) is 0 Å². The average Bonchev–Trinajstić information content (AvgIpc) is 2.66. The molecule has 2 aromatic rings. The summed E-state index contributed by atoms with van der Waals surface area (Å²) in [5.41, 5.74) is 2.19. The molecule has 0 spiro atoms. The highest BCUT2D eigenvalue weighted by molar-refractivity contribution is 7.89. The molecule has 0 aromatic heterocycles. The monoisotopic (exact) mass is 403 g/mol. The van der Waals surface area contributed by atoms with Crippen LogP contribution in [0.15, 0.2) is 53.4 Å². The molecule has 0 atom stereocenters. The fourth-order valence-electron chi connectivity index (χ4n) is 2.83. The number of rotatable bonds is 6. The zero-order valence-electron chi connectivity index (χ0n) is 16.4. The number of amides is 2. The smallest absolute Gasteiger partial charge is 0.313 e. The van der Waals surface area contributed by atoms with Gasteiger partial charge in [0.2, 0.25) is 10.0 Å². The first-order chi connectivity index (χ1) is 13.1. The van der Waals surface area contributed by atoms with Gasteiger partial charge in [-0.05, 0) is 49.4 Å². The molecule has 0 unspecified atom stereocenters. The second-order valence-corrected chi connectivity index (χ2v) is 8.95. The van der Waals surface area contributed by atoms with Crippen molar-refractivity contribution in [1.29, 1.82) is 0 Å². The molecule has 2 amide bonds. The van der Waals surface area contributed by atoms with E-state index in [0.29, 0.717) is 12.2 Å². The topological polar surface area (TPSA) is 104 Å². The third-order valence-electron chi connectivity index (χ3n) is 4.46. The van der Waals surface area contributed by atoms with Crippen LogP contribution in [-0.2, 0) is 25.0 Å². The van der Waals surface area contributed by atoms with Crippen LogP contribution in [0.1, 0.15) is 25.0 Å². The molecule has 0 bridgehead atoms. The number of anilines is 1. The number of carbonyl (C=O) groups is 2. The fourth-order valence-corrected chi connectivity index (χ4v) is 3.56. The van der Waals surface area contributed by atoms with Crippen LogP contribution in [0, 0.1) is 6.92 Å². The van der Waals surface area contributed by atoms with E-state index in [2.05, 4.69) is 15.4 Å². The molecule has 0 aliphatic heterocycles. The van der Waals surface area contributed by atoms with E-state index in [4.69, 9.17) is 0 Å². The van der Waals surface area contributed by atoms with Crippen molar-refractivity contribution < 1.29 is 18.0 Å². The molecule has 0 fully saturated rings. The number of benzene rings is 2. The summed E-state index contributed by atoms with van der Waals surface area (Å²) < 4.78 is 25.6. The third-order valence-corrected chi connectivity index (χ3v) is 5.89. The van der Waals surface area contributed by atoms with Crippen molar-refractivity contribution in [2.45, 2.75) is 31.1 Å². The molecule has 0 saturated carbocycles. The molecule has 3 N–H and O–H groups in total. The van der Waals surface area contributed by atoms with Gasteiger partial charge >= 0.3 is 11.8 Å². The summed E-state index contributed by atoms with van der Waals surface area (Å²) in [5, 5.41) is 5.12. The van der Waals surface area contributed by atoms with E-state index in [9.17, 15) is 18.0 Å². The van der Waals surface area contributed by atoms with Crippen molar-refractivity contribution in [3.63, 3.8) is 0 Å². The number of sulfonamides is 1. The van der Waals surface area contributed by atoms with Crippen molar-refractivity contribution in [3.8, 4) is 0 Å². The van der Waals surface area contributed by atoms with Crippen LogP contribution in [0.25, 0.3) is 0 Å². The Kier molecular flexibility index (Phi) is 6.58. The van der Waals surface area contributed by atoms with E-state index >= 15 is 0 Å². The lowest BCUT2D eigenvalue weighted by atomic mass is 9.82. The van der Waals surface area contributed by atoms with Gasteiger partial charge in [0.25, 0.3) is 0 Å². The van der Waals surface area contributed by atoms with Gasteiger partial charge in [0, 0.05) is 17.6 Å². The molecule has 0 aliphatic carbocycles. The summed E-state index contributed by atoms with van der Waals surface area (Å²) in [6, 6.07) is 13.4. The Hall–Kier alpha value is -2.71. The quantitative estimate of drug-likeness (QED) is 0.641. The molecule has 28 heavy (non-hydrogen) atoms. The van der Waals surface area contributed by atoms with Crippen molar-refractivity contribution in [2.75, 3.05) is 18.9 Å². The highest BCUT2D eigenvalue weighted by Gasteiger charge is 2.24. The summed E-state index contributed by atoms with van der Waals surface area (Å²) in [6.07, 6.45) is 0. The normalized spacial score (nSPS) is 11.7. The number of hydrogen-bond acceptors (Lipinski definition) is 4. The second kappa shape index (κ2) is 8.53. The number of hydrogen-bond donors (Lipinski definition) is 3. The lowest BCUT2D eigenvalue weighted by Gasteiger charge is -2.27. The zero-order valence-corrected chi connectivity index (χ0v) is 17.2. The Labute approximate surface area is 165 Å². The van der Waals surface area contributed by atoms with Gasteiger partial charge in [-0.3, -0.25) is 9.59 Å². The molecule has 0 aliphatic rings. The van der Waals surface area contributed by atoms with Gasteiger partial charge in [-0.2, -0.15) is 0 Å². The van der Waals surface area contributed by atoms with Gasteiger partial charge in [-0.25, -0.2) is 13.1 Å². The number of nitrogens with one attached hydrogen (secondary N) is 3. The minimum absolute atomic E-state index is 0.0671. The van der Waals surface area contributed by atoms with E-state index in [1.54, 1.807) is 0 Å². The first-order valence-electron chi connectivity index (χ1n) is 8.76. The van der Waals surface area contributed by atoms with Crippen molar-refractivity contribution in [1.82, 2.24) is 10.0 Å². The molecular weight excluding hydrogens is 378 g/mol. The van der Waals surface area contributed by atoms with E-state index in [-0.39, 0.29) is 10.3 Å². The van der Waals surface area contributed by atoms with Crippen LogP contribution < -0.4 is 15.4 Å². The zero-order chi connectivity index (χ0) is 20.9. The van der Waals surface area contributed by atoms with Crippen molar-refractivity contribution >= 4 is 27.5 Å². The molecule has 150 valence electrons. The fraction of sp³-hybridized carbons (Fsp3) is 0.300. The Morgan fingerprint density at radius 1 is 0.964 bits per heavy atom. The maximum Gasteiger partial charge on any atom is 0.313 e. The van der Waals surface area contributed by atoms with Gasteiger partial charge in [0.05, 0.1) is 4.90 Å². The lowest BCUT2D eigenvalue weighted by Crippen LogP contribution is -2.42. The standard InChI is InChI=1S/C20H25N3O4S/c1-14-7-5-6-8-17(14)20(2,3)13-22-18(24)19(25)23-15-9-11-16(12-10-15)28(26,27)21-4/h5-12,21H,13H2,1-4H3,(H,22,24)(H,23,25). The van der Waals surface area contributed by atoms with E-state index in [1.165, 1.54) is 31.3 Å². The Morgan fingerprint density at radius 2 is 1.57 bits per heavy atom. The van der Waals surface area contributed by atoms with Crippen LogP contribution >= 0.6 is 0 Å². The summed E-state index contributed by atoms with van der Waals surface area (Å²) >= 11 is 0. The molecule has 2 rings (SSSR count). The molecule has 0 heterocycles. The predicted octanol–water partition coefficient (Wildman–Crippen LogP) is 1.94. The summed E-state index contributed by atoms with van der Waals surface area (Å²) in [7, 11) is -2.24. The van der Waals surface area contributed by atoms with Crippen molar-refractivity contribution in [2.24, 2.45) is 0 Å². The molecule has 2 aromatic carbocycles. The summed E-state index contributed by atoms with van der Waals surface area (Å²) in [5.74, 6) is -1.57. The van der Waals surface area contributed by atoms with Gasteiger partial charge in [-0.15, -0.1) is 0 Å². The van der Waals surface area contributed by atoms with Gasteiger partial charge < -0.3 is 10.6 Å². The van der Waals surface area contributed by atoms with Crippen LogP contribution in [0.3, 0.4) is 0 Å². The molecule has 0 radical (unpaired) electrons. The molecule has 7 nitrogen and oxygen atoms in total. The van der Waals surface area contributed by atoms with Crippen LogP contribution in [0.4, 0.5) is 5.69 Å². The largest absolute Gasteiger partial charge is 0.347 e. The molecular formula is C20H25N3O4S. The predicted molar refractivity (Wildman–Crippen MR) is 109 cm³/mol. The molecule has 0 saturated heterocycles. The highest BCUT2D eigenvalue weighted by Crippen LogP contribution is 2.25. The van der Waals surface area contributed by atoms with Crippen molar-refractivity contribution in [3.05, 3.63) is 59.7 Å². The average molecular weight is 404 g/mol. The minimum atomic E-state index is -3.56. The Morgan fingerprint density at radius 3 is 2.14 bits per heavy atom. The first-order valence-corrected chi connectivity index (χ1v) is 10.2. The highest BCUT2D eigenvalue weighted by atomic mass is 32.2.